The fourth-order valence-corrected chi connectivity index (χ4v) is 1.16. The molecule has 0 fully saturated rings. The van der Waals surface area contributed by atoms with Crippen LogP contribution >= 0.6 is 0 Å². The summed E-state index contributed by atoms with van der Waals surface area (Å²) in [5.41, 5.74) is 5.59. The second-order valence-electron chi connectivity index (χ2n) is 3.39. The van der Waals surface area contributed by atoms with Crippen LogP contribution in [0, 0.1) is 0 Å². The van der Waals surface area contributed by atoms with Gasteiger partial charge in [0.25, 0.3) is 0 Å². The van der Waals surface area contributed by atoms with E-state index in [1.807, 2.05) is 13.8 Å². The van der Waals surface area contributed by atoms with Crippen LogP contribution in [-0.2, 0) is 9.59 Å². The Bertz CT molecular complexity index is 207. The lowest BCUT2D eigenvalue weighted by atomic mass is 10.1. The minimum atomic E-state index is -0.454. The summed E-state index contributed by atoms with van der Waals surface area (Å²) in [6, 6.07) is -0.454. The van der Waals surface area contributed by atoms with Crippen LogP contribution in [0.1, 0.15) is 33.1 Å². The second kappa shape index (κ2) is 8.23. The van der Waals surface area contributed by atoms with E-state index in [1.165, 1.54) is 0 Å². The van der Waals surface area contributed by atoms with Crippen molar-refractivity contribution in [2.45, 2.75) is 39.2 Å². The Morgan fingerprint density at radius 1 is 1.27 bits per heavy atom. The van der Waals surface area contributed by atoms with Gasteiger partial charge in [0, 0.05) is 19.5 Å². The highest BCUT2D eigenvalue weighted by atomic mass is 16.2. The van der Waals surface area contributed by atoms with Gasteiger partial charge in [-0.1, -0.05) is 13.3 Å². The fraction of sp³-hybridized carbons (Fsp3) is 0.800. The van der Waals surface area contributed by atoms with Gasteiger partial charge in [-0.3, -0.25) is 9.59 Å². The summed E-state index contributed by atoms with van der Waals surface area (Å²) in [6.45, 7) is 4.79. The van der Waals surface area contributed by atoms with Crippen LogP contribution in [-0.4, -0.2) is 30.9 Å². The average molecular weight is 215 g/mol. The molecule has 0 aromatic rings. The second-order valence-corrected chi connectivity index (χ2v) is 3.39. The van der Waals surface area contributed by atoms with Gasteiger partial charge in [-0.2, -0.15) is 0 Å². The third kappa shape index (κ3) is 6.90. The van der Waals surface area contributed by atoms with Crippen LogP contribution in [0.4, 0.5) is 0 Å². The first-order valence-electron chi connectivity index (χ1n) is 5.41. The Hall–Kier alpha value is -1.10. The summed E-state index contributed by atoms with van der Waals surface area (Å²) in [6.07, 6.45) is 1.86. The van der Waals surface area contributed by atoms with E-state index in [0.29, 0.717) is 25.9 Å². The molecule has 15 heavy (non-hydrogen) atoms. The monoisotopic (exact) mass is 215 g/mol. The van der Waals surface area contributed by atoms with Crippen LogP contribution in [0.5, 0.6) is 0 Å². The van der Waals surface area contributed by atoms with Gasteiger partial charge >= 0.3 is 0 Å². The molecule has 5 nitrogen and oxygen atoms in total. The Morgan fingerprint density at radius 3 is 2.47 bits per heavy atom. The molecule has 0 aliphatic carbocycles. The summed E-state index contributed by atoms with van der Waals surface area (Å²) in [7, 11) is 0. The zero-order valence-electron chi connectivity index (χ0n) is 9.51. The molecular weight excluding hydrogens is 194 g/mol. The number of hydrogen-bond donors (Lipinski definition) is 3. The van der Waals surface area contributed by atoms with Gasteiger partial charge in [-0.25, -0.2) is 0 Å². The lowest BCUT2D eigenvalue weighted by Gasteiger charge is -2.10. The van der Waals surface area contributed by atoms with Gasteiger partial charge in [-0.05, 0) is 13.3 Å². The maximum Gasteiger partial charge on any atom is 0.236 e. The first-order valence-corrected chi connectivity index (χ1v) is 5.41. The van der Waals surface area contributed by atoms with E-state index in [4.69, 9.17) is 5.73 Å². The molecule has 0 aromatic carbocycles. The Labute approximate surface area is 90.8 Å². The first-order chi connectivity index (χ1) is 7.11. The molecule has 2 amide bonds. The molecule has 0 radical (unpaired) electrons. The van der Waals surface area contributed by atoms with E-state index in [1.54, 1.807) is 0 Å². The average Bonchev–Trinajstić information content (AvgIpc) is 2.18. The van der Waals surface area contributed by atoms with Crippen LogP contribution < -0.4 is 16.4 Å². The van der Waals surface area contributed by atoms with Crippen molar-refractivity contribution in [2.24, 2.45) is 5.73 Å². The number of hydrogen-bond acceptors (Lipinski definition) is 3. The maximum atomic E-state index is 11.3. The Morgan fingerprint density at radius 2 is 1.93 bits per heavy atom. The molecule has 5 heteroatoms. The SMILES string of the molecule is CCC[C@@H](N)C(=O)NCCC(=O)NCC. The third-order valence-electron chi connectivity index (χ3n) is 1.96. The summed E-state index contributed by atoms with van der Waals surface area (Å²) in [5.74, 6) is -0.233. The highest BCUT2D eigenvalue weighted by molar-refractivity contribution is 5.82. The van der Waals surface area contributed by atoms with Crippen LogP contribution in [0.2, 0.25) is 0 Å². The fourth-order valence-electron chi connectivity index (χ4n) is 1.16. The molecule has 0 bridgehead atoms. The summed E-state index contributed by atoms with van der Waals surface area (Å²) in [5, 5.41) is 5.28. The van der Waals surface area contributed by atoms with Crippen LogP contribution in [0.25, 0.3) is 0 Å². The summed E-state index contributed by atoms with van der Waals surface area (Å²) < 4.78 is 0. The first kappa shape index (κ1) is 13.9. The lowest BCUT2D eigenvalue weighted by Crippen LogP contribution is -2.41. The van der Waals surface area contributed by atoms with Gasteiger partial charge in [0.2, 0.25) is 11.8 Å². The van der Waals surface area contributed by atoms with Crippen molar-refractivity contribution in [1.82, 2.24) is 10.6 Å². The normalized spacial score (nSPS) is 11.9. The van der Waals surface area contributed by atoms with Crippen molar-refractivity contribution in [1.29, 1.82) is 0 Å². The van der Waals surface area contributed by atoms with E-state index in [9.17, 15) is 9.59 Å². The van der Waals surface area contributed by atoms with E-state index in [0.717, 1.165) is 6.42 Å². The molecule has 0 rings (SSSR count). The number of carbonyl (C=O) groups is 2. The molecule has 1 atom stereocenters. The molecule has 0 spiro atoms. The van der Waals surface area contributed by atoms with E-state index in [-0.39, 0.29) is 11.8 Å². The predicted molar refractivity (Wildman–Crippen MR) is 59.2 cm³/mol. The van der Waals surface area contributed by atoms with Crippen LogP contribution in [0.15, 0.2) is 0 Å². The number of rotatable bonds is 7. The summed E-state index contributed by atoms with van der Waals surface area (Å²) >= 11 is 0. The minimum Gasteiger partial charge on any atom is -0.356 e. The lowest BCUT2D eigenvalue weighted by molar-refractivity contribution is -0.123. The quantitative estimate of drug-likeness (QED) is 0.548. The summed E-state index contributed by atoms with van der Waals surface area (Å²) in [4.78, 5) is 22.3. The molecule has 0 aliphatic heterocycles. The van der Waals surface area contributed by atoms with Crippen molar-refractivity contribution in [2.75, 3.05) is 13.1 Å². The molecule has 0 unspecified atom stereocenters. The molecule has 0 aromatic heterocycles. The van der Waals surface area contributed by atoms with Crippen molar-refractivity contribution < 1.29 is 9.59 Å². The van der Waals surface area contributed by atoms with Crippen molar-refractivity contribution in [3.8, 4) is 0 Å². The van der Waals surface area contributed by atoms with E-state index in [2.05, 4.69) is 10.6 Å². The van der Waals surface area contributed by atoms with Gasteiger partial charge in [0.15, 0.2) is 0 Å². The largest absolute Gasteiger partial charge is 0.356 e. The molecule has 88 valence electrons. The topological polar surface area (TPSA) is 84.2 Å². The van der Waals surface area contributed by atoms with Crippen molar-refractivity contribution in [3.63, 3.8) is 0 Å². The number of nitrogens with one attached hydrogen (secondary N) is 2. The standard InChI is InChI=1S/C10H21N3O2/c1-3-5-8(11)10(15)13-7-6-9(14)12-4-2/h8H,3-7,11H2,1-2H3,(H,12,14)(H,13,15)/t8-/m1/s1. The zero-order valence-corrected chi connectivity index (χ0v) is 9.51. The zero-order chi connectivity index (χ0) is 11.7. The Balaban J connectivity index is 3.58. The highest BCUT2D eigenvalue weighted by Gasteiger charge is 2.11. The van der Waals surface area contributed by atoms with E-state index >= 15 is 0 Å². The van der Waals surface area contributed by atoms with Crippen molar-refractivity contribution in [3.05, 3.63) is 0 Å². The maximum absolute atomic E-state index is 11.3. The molecular formula is C10H21N3O2. The number of nitrogens with two attached hydrogens (primary N) is 1. The van der Waals surface area contributed by atoms with E-state index < -0.39 is 6.04 Å². The number of carbonyl (C=O) groups excluding carboxylic acids is 2. The molecule has 0 saturated carbocycles. The molecule has 0 aliphatic rings. The highest BCUT2D eigenvalue weighted by Crippen LogP contribution is 1.92. The smallest absolute Gasteiger partial charge is 0.236 e. The third-order valence-corrected chi connectivity index (χ3v) is 1.96. The predicted octanol–water partition coefficient (Wildman–Crippen LogP) is -0.244. The molecule has 0 heterocycles. The van der Waals surface area contributed by atoms with Crippen molar-refractivity contribution >= 4 is 11.8 Å². The van der Waals surface area contributed by atoms with Gasteiger partial charge in [0.1, 0.15) is 0 Å². The minimum absolute atomic E-state index is 0.0538. The van der Waals surface area contributed by atoms with Gasteiger partial charge in [-0.15, -0.1) is 0 Å². The van der Waals surface area contributed by atoms with Gasteiger partial charge in [0.05, 0.1) is 6.04 Å². The Kier molecular flexibility index (Phi) is 7.62. The number of amides is 2. The van der Waals surface area contributed by atoms with Gasteiger partial charge < -0.3 is 16.4 Å². The molecule has 4 N–H and O–H groups in total. The van der Waals surface area contributed by atoms with Crippen LogP contribution in [0.3, 0.4) is 0 Å². The molecule has 0 saturated heterocycles.